The minimum Gasteiger partial charge on any atom is -0.304 e. The summed E-state index contributed by atoms with van der Waals surface area (Å²) in [5.74, 6) is -5.05. The summed E-state index contributed by atoms with van der Waals surface area (Å²) in [5.41, 5.74) is 1.99. The predicted molar refractivity (Wildman–Crippen MR) is 118 cm³/mol. The molecule has 0 unspecified atom stereocenters. The fourth-order valence-electron chi connectivity index (χ4n) is 4.67. The van der Waals surface area contributed by atoms with Crippen LogP contribution in [0.15, 0.2) is 66.7 Å². The molecule has 2 aliphatic rings. The summed E-state index contributed by atoms with van der Waals surface area (Å²) in [5, 5.41) is 0. The number of aryl methyl sites for hydroxylation is 1. The molecular weight excluding hydrogens is 450 g/mol. The third-order valence-corrected chi connectivity index (χ3v) is 8.11. The van der Waals surface area contributed by atoms with Gasteiger partial charge in [-0.05, 0) is 30.7 Å². The first kappa shape index (κ1) is 21.3. The number of para-hydroxylation sites is 1. The van der Waals surface area contributed by atoms with Crippen LogP contribution < -0.4 is 9.80 Å². The van der Waals surface area contributed by atoms with Crippen molar-refractivity contribution in [3.8, 4) is 0 Å². The maximum absolute atomic E-state index is 14.1. The molecule has 0 aliphatic carbocycles. The number of carbonyl (C=O) groups excluding carboxylic acids is 2. The molecule has 6 nitrogen and oxygen atoms in total. The highest BCUT2D eigenvalue weighted by molar-refractivity contribution is 7.94. The van der Waals surface area contributed by atoms with Gasteiger partial charge in [0.05, 0.1) is 12.2 Å². The lowest BCUT2D eigenvalue weighted by Crippen LogP contribution is -2.54. The Kier molecular flexibility index (Phi) is 4.65. The van der Waals surface area contributed by atoms with E-state index in [4.69, 9.17) is 0 Å². The molecular formula is C24H18F2N2O4S. The molecule has 33 heavy (non-hydrogen) atoms. The van der Waals surface area contributed by atoms with Crippen molar-refractivity contribution in [2.45, 2.75) is 18.3 Å². The largest absolute Gasteiger partial charge is 0.304 e. The second-order valence-corrected chi connectivity index (χ2v) is 10.2. The van der Waals surface area contributed by atoms with Gasteiger partial charge in [-0.25, -0.2) is 17.2 Å². The fraction of sp³-hybridized carbons (Fsp3) is 0.167. The number of rotatable bonds is 3. The van der Waals surface area contributed by atoms with E-state index in [-0.39, 0.29) is 17.8 Å². The second kappa shape index (κ2) is 7.21. The number of anilines is 2. The average molecular weight is 468 g/mol. The Hall–Kier alpha value is -3.59. The first-order valence-corrected chi connectivity index (χ1v) is 11.8. The number of hydrogen-bond acceptors (Lipinski definition) is 4. The summed E-state index contributed by atoms with van der Waals surface area (Å²) in [4.78, 5) is 26.7. The van der Waals surface area contributed by atoms with Crippen molar-refractivity contribution in [1.82, 2.24) is 0 Å². The SMILES string of the molecule is Cc1cccc(CN2C(=O)[C@]3(c4ccccc42)N(c2ccc(F)c(F)c2)C(=O)CS3(=O)=O)c1. The summed E-state index contributed by atoms with van der Waals surface area (Å²) in [6, 6.07) is 16.4. The lowest BCUT2D eigenvalue weighted by Gasteiger charge is -2.32. The Morgan fingerprint density at radius 1 is 0.939 bits per heavy atom. The van der Waals surface area contributed by atoms with E-state index in [1.165, 1.54) is 11.0 Å². The summed E-state index contributed by atoms with van der Waals surface area (Å²) in [7, 11) is -4.38. The maximum atomic E-state index is 14.1. The van der Waals surface area contributed by atoms with E-state index in [0.29, 0.717) is 5.69 Å². The molecule has 0 aromatic heterocycles. The van der Waals surface area contributed by atoms with Crippen LogP contribution in [-0.4, -0.2) is 26.0 Å². The first-order chi connectivity index (χ1) is 15.7. The number of halogens is 2. The van der Waals surface area contributed by atoms with Crippen molar-refractivity contribution in [1.29, 1.82) is 0 Å². The van der Waals surface area contributed by atoms with Crippen LogP contribution >= 0.6 is 0 Å². The van der Waals surface area contributed by atoms with Gasteiger partial charge in [0.2, 0.25) is 5.91 Å². The Morgan fingerprint density at radius 2 is 1.70 bits per heavy atom. The van der Waals surface area contributed by atoms with Gasteiger partial charge in [0.15, 0.2) is 21.5 Å². The number of sulfone groups is 1. The van der Waals surface area contributed by atoms with Gasteiger partial charge in [-0.2, -0.15) is 0 Å². The van der Waals surface area contributed by atoms with Gasteiger partial charge in [0, 0.05) is 17.3 Å². The van der Waals surface area contributed by atoms with Gasteiger partial charge in [-0.15, -0.1) is 0 Å². The van der Waals surface area contributed by atoms with E-state index < -0.39 is 43.9 Å². The van der Waals surface area contributed by atoms with Crippen molar-refractivity contribution in [3.63, 3.8) is 0 Å². The molecule has 1 spiro atoms. The molecule has 0 radical (unpaired) electrons. The molecule has 5 rings (SSSR count). The Morgan fingerprint density at radius 3 is 2.42 bits per heavy atom. The third kappa shape index (κ3) is 2.92. The highest BCUT2D eigenvalue weighted by Gasteiger charge is 2.69. The molecule has 2 heterocycles. The predicted octanol–water partition coefficient (Wildman–Crippen LogP) is 3.43. The molecule has 1 fully saturated rings. The molecule has 0 N–H and O–H groups in total. The third-order valence-electron chi connectivity index (χ3n) is 6.01. The molecule has 9 heteroatoms. The first-order valence-electron chi connectivity index (χ1n) is 10.1. The quantitative estimate of drug-likeness (QED) is 0.590. The van der Waals surface area contributed by atoms with Gasteiger partial charge in [-0.1, -0.05) is 48.0 Å². The molecule has 0 saturated carbocycles. The van der Waals surface area contributed by atoms with E-state index in [0.717, 1.165) is 34.2 Å². The Bertz CT molecular complexity index is 1440. The number of fused-ring (bicyclic) bond motifs is 2. The van der Waals surface area contributed by atoms with Gasteiger partial charge in [0.25, 0.3) is 10.8 Å². The summed E-state index contributed by atoms with van der Waals surface area (Å²) in [6.07, 6.45) is 0. The lowest BCUT2D eigenvalue weighted by atomic mass is 10.0. The molecule has 0 bridgehead atoms. The highest BCUT2D eigenvalue weighted by Crippen LogP contribution is 2.52. The molecule has 168 valence electrons. The number of hydrogen-bond donors (Lipinski definition) is 0. The van der Waals surface area contributed by atoms with Crippen LogP contribution in [0.4, 0.5) is 20.2 Å². The van der Waals surface area contributed by atoms with E-state index in [1.54, 1.807) is 18.2 Å². The van der Waals surface area contributed by atoms with Crippen molar-refractivity contribution >= 4 is 33.0 Å². The van der Waals surface area contributed by atoms with Crippen molar-refractivity contribution in [2.24, 2.45) is 0 Å². The van der Waals surface area contributed by atoms with Gasteiger partial charge in [-0.3, -0.25) is 14.5 Å². The molecule has 2 aliphatic heterocycles. The average Bonchev–Trinajstić information content (AvgIpc) is 3.13. The molecule has 2 amide bonds. The monoisotopic (exact) mass is 468 g/mol. The van der Waals surface area contributed by atoms with Crippen LogP contribution in [-0.2, 0) is 30.8 Å². The lowest BCUT2D eigenvalue weighted by molar-refractivity contribution is -0.123. The molecule has 1 atom stereocenters. The van der Waals surface area contributed by atoms with Gasteiger partial charge < -0.3 is 4.90 Å². The zero-order valence-corrected chi connectivity index (χ0v) is 18.3. The maximum Gasteiger partial charge on any atom is 0.274 e. The smallest absolute Gasteiger partial charge is 0.274 e. The molecule has 1 saturated heterocycles. The number of nitrogens with zero attached hydrogens (tertiary/aromatic N) is 2. The molecule has 3 aromatic carbocycles. The zero-order valence-electron chi connectivity index (χ0n) is 17.5. The molecule has 3 aromatic rings. The number of carbonyl (C=O) groups is 2. The van der Waals surface area contributed by atoms with Crippen molar-refractivity contribution < 1.29 is 26.8 Å². The van der Waals surface area contributed by atoms with Gasteiger partial charge >= 0.3 is 0 Å². The topological polar surface area (TPSA) is 74.8 Å². The van der Waals surface area contributed by atoms with Crippen LogP contribution in [0.25, 0.3) is 0 Å². The standard InChI is InChI=1S/C24H18F2N2O4S/c1-15-5-4-6-16(11-15)13-27-21-8-3-2-7-18(21)24(23(27)30)28(22(29)14-33(24,31)32)17-9-10-19(25)20(26)12-17/h2-12H,13-14H2,1H3/t24-/m1/s1. The van der Waals surface area contributed by atoms with E-state index in [2.05, 4.69) is 0 Å². The van der Waals surface area contributed by atoms with Crippen LogP contribution in [0, 0.1) is 18.6 Å². The normalized spacial score (nSPS) is 21.2. The number of amides is 2. The van der Waals surface area contributed by atoms with Crippen LogP contribution in [0.3, 0.4) is 0 Å². The highest BCUT2D eigenvalue weighted by atomic mass is 32.2. The number of benzene rings is 3. The van der Waals surface area contributed by atoms with Crippen molar-refractivity contribution in [2.75, 3.05) is 15.6 Å². The fourth-order valence-corrected chi connectivity index (χ4v) is 6.70. The summed E-state index contributed by atoms with van der Waals surface area (Å²) >= 11 is 0. The van der Waals surface area contributed by atoms with Crippen LogP contribution in [0.2, 0.25) is 0 Å². The Balaban J connectivity index is 1.74. The minimum atomic E-state index is -4.38. The van der Waals surface area contributed by atoms with Crippen molar-refractivity contribution in [3.05, 3.63) is 95.1 Å². The van der Waals surface area contributed by atoms with Crippen LogP contribution in [0.5, 0.6) is 0 Å². The minimum absolute atomic E-state index is 0.0780. The van der Waals surface area contributed by atoms with Gasteiger partial charge in [0.1, 0.15) is 5.75 Å². The van der Waals surface area contributed by atoms with E-state index >= 15 is 0 Å². The Labute approximate surface area is 189 Å². The summed E-state index contributed by atoms with van der Waals surface area (Å²) < 4.78 is 54.6. The second-order valence-electron chi connectivity index (χ2n) is 8.13. The van der Waals surface area contributed by atoms with E-state index in [9.17, 15) is 26.8 Å². The summed E-state index contributed by atoms with van der Waals surface area (Å²) in [6.45, 7) is 1.98. The zero-order chi connectivity index (χ0) is 23.5. The van der Waals surface area contributed by atoms with Crippen LogP contribution in [0.1, 0.15) is 16.7 Å². The van der Waals surface area contributed by atoms with E-state index in [1.807, 2.05) is 31.2 Å².